The number of aliphatic hydroxyl groups excluding tert-OH is 5. The molecular weight excluding hydrogens is 811 g/mol. The lowest BCUT2D eigenvalue weighted by molar-refractivity contribution is -0.305. The standard InChI is InChI=1S/C53H95NO10/c1-4-7-10-13-16-19-22-23-26-28-31-34-37-40-46(57)52(61)54-44(45(56)39-36-33-30-27-24-20-17-14-11-8-5-2)43-62-53-51(50(60)49(59)47(42-55)63-53)64-48(58)41-38-35-32-29-25-21-18-15-12-9-6-3/h7,10,15-16,18-19,36,39,44-47,49-51,53,55-57,59-60H,4-6,8-9,11-14,17,20-35,37-38,40-43H2,1-3H3,(H,54,61)/b10-7+,18-15-,19-16+,39-36+. The Bertz CT molecular complexity index is 1220. The van der Waals surface area contributed by atoms with Crippen molar-refractivity contribution in [3.8, 4) is 0 Å². The lowest BCUT2D eigenvalue weighted by Gasteiger charge is -2.41. The molecule has 1 amide bonds. The monoisotopic (exact) mass is 906 g/mol. The minimum atomic E-state index is -1.61. The highest BCUT2D eigenvalue weighted by molar-refractivity contribution is 5.80. The molecule has 0 aliphatic carbocycles. The van der Waals surface area contributed by atoms with Crippen molar-refractivity contribution >= 4 is 11.9 Å². The SMILES string of the molecule is CC/C=C/C/C=C/CCCCCCCCC(O)C(=O)NC(COC1OC(CO)C(O)C(O)C1OC(=O)CCCCCCC/C=C\CCCC)C(O)/C=C/CCCCCCCCCCC. The summed E-state index contributed by atoms with van der Waals surface area (Å²) in [4.78, 5) is 26.3. The zero-order valence-corrected chi connectivity index (χ0v) is 40.6. The van der Waals surface area contributed by atoms with Crippen LogP contribution in [0.2, 0.25) is 0 Å². The number of ether oxygens (including phenoxy) is 3. The van der Waals surface area contributed by atoms with Gasteiger partial charge in [0.1, 0.15) is 24.4 Å². The van der Waals surface area contributed by atoms with Crippen molar-refractivity contribution in [3.63, 3.8) is 0 Å². The number of aliphatic hydroxyl groups is 5. The molecule has 1 aliphatic rings. The third kappa shape index (κ3) is 30.8. The molecule has 8 atom stereocenters. The van der Waals surface area contributed by atoms with Crippen LogP contribution < -0.4 is 5.32 Å². The second kappa shape index (κ2) is 42.0. The molecule has 11 heteroatoms. The molecule has 0 aromatic carbocycles. The highest BCUT2D eigenvalue weighted by Crippen LogP contribution is 2.26. The molecule has 1 aliphatic heterocycles. The lowest BCUT2D eigenvalue weighted by Crippen LogP contribution is -2.61. The van der Waals surface area contributed by atoms with Gasteiger partial charge in [0.05, 0.1) is 25.4 Å². The van der Waals surface area contributed by atoms with Crippen LogP contribution in [0.15, 0.2) is 48.6 Å². The highest BCUT2D eigenvalue weighted by atomic mass is 16.7. The van der Waals surface area contributed by atoms with Gasteiger partial charge in [0.25, 0.3) is 0 Å². The number of unbranched alkanes of at least 4 members (excludes halogenated alkanes) is 22. The molecule has 0 aromatic heterocycles. The van der Waals surface area contributed by atoms with Crippen molar-refractivity contribution in [1.82, 2.24) is 5.32 Å². The van der Waals surface area contributed by atoms with E-state index in [1.54, 1.807) is 6.08 Å². The minimum absolute atomic E-state index is 0.112. The van der Waals surface area contributed by atoms with Gasteiger partial charge in [-0.05, 0) is 70.6 Å². The zero-order valence-electron chi connectivity index (χ0n) is 40.6. The molecular formula is C53H95NO10. The Kier molecular flexibility index (Phi) is 39.1. The van der Waals surface area contributed by atoms with E-state index in [0.29, 0.717) is 12.8 Å². The molecule has 0 radical (unpaired) electrons. The fourth-order valence-electron chi connectivity index (χ4n) is 7.79. The van der Waals surface area contributed by atoms with Gasteiger partial charge in [0, 0.05) is 6.42 Å². The Hall–Kier alpha value is -2.38. The largest absolute Gasteiger partial charge is 0.454 e. The fourth-order valence-corrected chi connectivity index (χ4v) is 7.79. The first-order chi connectivity index (χ1) is 31.2. The van der Waals surface area contributed by atoms with Gasteiger partial charge in [-0.2, -0.15) is 0 Å². The van der Waals surface area contributed by atoms with Crippen molar-refractivity contribution < 1.29 is 49.3 Å². The predicted molar refractivity (Wildman–Crippen MR) is 260 cm³/mol. The van der Waals surface area contributed by atoms with E-state index < -0.39 is 67.4 Å². The van der Waals surface area contributed by atoms with E-state index >= 15 is 0 Å². The molecule has 6 N–H and O–H groups in total. The van der Waals surface area contributed by atoms with Crippen molar-refractivity contribution in [2.24, 2.45) is 0 Å². The number of amides is 1. The van der Waals surface area contributed by atoms with Crippen molar-refractivity contribution in [3.05, 3.63) is 48.6 Å². The van der Waals surface area contributed by atoms with Gasteiger partial charge in [-0.3, -0.25) is 9.59 Å². The van der Waals surface area contributed by atoms with Crippen LogP contribution >= 0.6 is 0 Å². The topological polar surface area (TPSA) is 175 Å². The molecule has 1 fully saturated rings. The van der Waals surface area contributed by atoms with Crippen LogP contribution in [-0.2, 0) is 23.8 Å². The average molecular weight is 906 g/mol. The molecule has 8 unspecified atom stereocenters. The zero-order chi connectivity index (χ0) is 46.9. The number of carbonyl (C=O) groups is 2. The van der Waals surface area contributed by atoms with E-state index in [0.717, 1.165) is 109 Å². The molecule has 0 saturated carbocycles. The molecule has 1 rings (SSSR count). The van der Waals surface area contributed by atoms with Gasteiger partial charge in [0.2, 0.25) is 5.91 Å². The van der Waals surface area contributed by atoms with E-state index in [-0.39, 0.29) is 19.4 Å². The van der Waals surface area contributed by atoms with E-state index in [2.05, 4.69) is 62.5 Å². The van der Waals surface area contributed by atoms with Gasteiger partial charge in [-0.1, -0.05) is 185 Å². The summed E-state index contributed by atoms with van der Waals surface area (Å²) in [6, 6.07) is -1.03. The van der Waals surface area contributed by atoms with Gasteiger partial charge < -0.3 is 45.1 Å². The van der Waals surface area contributed by atoms with Gasteiger partial charge in [0.15, 0.2) is 12.4 Å². The summed E-state index contributed by atoms with van der Waals surface area (Å²) in [6.45, 7) is 5.58. The molecule has 0 bridgehead atoms. The molecule has 11 nitrogen and oxygen atoms in total. The smallest absolute Gasteiger partial charge is 0.306 e. The Balaban J connectivity index is 2.80. The number of rotatable bonds is 42. The quantitative estimate of drug-likeness (QED) is 0.0196. The minimum Gasteiger partial charge on any atom is -0.454 e. The van der Waals surface area contributed by atoms with Crippen molar-refractivity contribution in [1.29, 1.82) is 0 Å². The van der Waals surface area contributed by atoms with Crippen LogP contribution in [0, 0.1) is 0 Å². The Morgan fingerprint density at radius 1 is 0.625 bits per heavy atom. The summed E-state index contributed by atoms with van der Waals surface area (Å²) >= 11 is 0. The van der Waals surface area contributed by atoms with Gasteiger partial charge in [-0.15, -0.1) is 0 Å². The number of hydrogen-bond acceptors (Lipinski definition) is 10. The number of carbonyl (C=O) groups excluding carboxylic acids is 2. The average Bonchev–Trinajstić information content (AvgIpc) is 3.29. The summed E-state index contributed by atoms with van der Waals surface area (Å²) in [6.07, 6.45) is 37.4. The van der Waals surface area contributed by atoms with E-state index in [4.69, 9.17) is 14.2 Å². The maximum atomic E-state index is 13.3. The Morgan fingerprint density at radius 3 is 1.73 bits per heavy atom. The van der Waals surface area contributed by atoms with Crippen LogP contribution in [0.25, 0.3) is 0 Å². The maximum Gasteiger partial charge on any atom is 0.306 e. The number of nitrogens with one attached hydrogen (secondary N) is 1. The third-order valence-corrected chi connectivity index (χ3v) is 12.0. The highest BCUT2D eigenvalue weighted by Gasteiger charge is 2.47. The second-order valence-corrected chi connectivity index (χ2v) is 17.9. The predicted octanol–water partition coefficient (Wildman–Crippen LogP) is 10.5. The van der Waals surface area contributed by atoms with E-state index in [1.807, 2.05) is 6.08 Å². The second-order valence-electron chi connectivity index (χ2n) is 17.9. The summed E-state index contributed by atoms with van der Waals surface area (Å²) in [5.74, 6) is -1.22. The summed E-state index contributed by atoms with van der Waals surface area (Å²) in [7, 11) is 0. The third-order valence-electron chi connectivity index (χ3n) is 12.0. The normalized spacial score (nSPS) is 20.8. The number of hydrogen-bond donors (Lipinski definition) is 6. The van der Waals surface area contributed by atoms with Crippen LogP contribution in [-0.4, -0.2) is 99.6 Å². The first kappa shape index (κ1) is 59.6. The first-order valence-corrected chi connectivity index (χ1v) is 25.9. The first-order valence-electron chi connectivity index (χ1n) is 25.9. The van der Waals surface area contributed by atoms with E-state index in [9.17, 15) is 35.1 Å². The van der Waals surface area contributed by atoms with Crippen LogP contribution in [0.3, 0.4) is 0 Å². The summed E-state index contributed by atoms with van der Waals surface area (Å²) in [5, 5.41) is 56.5. The van der Waals surface area contributed by atoms with E-state index in [1.165, 1.54) is 57.8 Å². The molecule has 1 heterocycles. The molecule has 64 heavy (non-hydrogen) atoms. The van der Waals surface area contributed by atoms with Crippen LogP contribution in [0.5, 0.6) is 0 Å². The van der Waals surface area contributed by atoms with Gasteiger partial charge in [-0.25, -0.2) is 0 Å². The van der Waals surface area contributed by atoms with Gasteiger partial charge >= 0.3 is 5.97 Å². The van der Waals surface area contributed by atoms with Crippen molar-refractivity contribution in [2.75, 3.05) is 13.2 Å². The lowest BCUT2D eigenvalue weighted by atomic mass is 9.99. The molecule has 1 saturated heterocycles. The maximum absolute atomic E-state index is 13.3. The molecule has 0 spiro atoms. The Labute approximate surface area is 389 Å². The fraction of sp³-hybridized carbons (Fsp3) is 0.811. The summed E-state index contributed by atoms with van der Waals surface area (Å²) < 4.78 is 17.5. The molecule has 372 valence electrons. The number of esters is 1. The number of allylic oxidation sites excluding steroid dienone is 7. The van der Waals surface area contributed by atoms with Crippen molar-refractivity contribution in [2.45, 2.75) is 262 Å². The van der Waals surface area contributed by atoms with Crippen LogP contribution in [0.1, 0.15) is 213 Å². The molecule has 0 aromatic rings. The Morgan fingerprint density at radius 2 is 1.14 bits per heavy atom. The summed E-state index contributed by atoms with van der Waals surface area (Å²) in [5.41, 5.74) is 0. The van der Waals surface area contributed by atoms with Crippen LogP contribution in [0.4, 0.5) is 0 Å².